The van der Waals surface area contributed by atoms with Crippen LogP contribution in [0.5, 0.6) is 5.75 Å². The Morgan fingerprint density at radius 3 is 2.58 bits per heavy atom. The van der Waals surface area contributed by atoms with Gasteiger partial charge in [0.25, 0.3) is 0 Å². The highest BCUT2D eigenvalue weighted by Gasteiger charge is 2.17. The molecule has 1 heterocycles. The van der Waals surface area contributed by atoms with Gasteiger partial charge in [-0.3, -0.25) is 4.79 Å². The molecule has 0 saturated heterocycles. The number of hydrogen-bond acceptors (Lipinski definition) is 4. The highest BCUT2D eigenvalue weighted by Crippen LogP contribution is 2.45. The zero-order valence-electron chi connectivity index (χ0n) is 10.1. The summed E-state index contributed by atoms with van der Waals surface area (Å²) < 4.78 is 18.2. The van der Waals surface area contributed by atoms with Crippen LogP contribution in [-0.2, 0) is 4.79 Å². The van der Waals surface area contributed by atoms with Crippen molar-refractivity contribution >= 4 is 29.1 Å². The Balaban J connectivity index is 1.96. The minimum Gasteiger partial charge on any atom is -0.427 e. The summed E-state index contributed by atoms with van der Waals surface area (Å²) in [4.78, 5) is 12.6. The fourth-order valence-electron chi connectivity index (χ4n) is 1.87. The molecule has 19 heavy (non-hydrogen) atoms. The van der Waals surface area contributed by atoms with Crippen LogP contribution in [0.25, 0.3) is 0 Å². The predicted octanol–water partition coefficient (Wildman–Crippen LogP) is 3.96. The van der Waals surface area contributed by atoms with Crippen LogP contribution in [0.1, 0.15) is 6.92 Å². The second-order valence-electron chi connectivity index (χ2n) is 4.12. The summed E-state index contributed by atoms with van der Waals surface area (Å²) in [5.41, 5.74) is 1.79. The van der Waals surface area contributed by atoms with E-state index in [4.69, 9.17) is 4.74 Å². The van der Waals surface area contributed by atoms with Crippen molar-refractivity contribution in [2.45, 2.75) is 16.7 Å². The van der Waals surface area contributed by atoms with Gasteiger partial charge in [0.05, 0.1) is 11.4 Å². The Morgan fingerprint density at radius 1 is 1.16 bits per heavy atom. The molecular weight excluding hydrogens is 265 g/mol. The van der Waals surface area contributed by atoms with Gasteiger partial charge >= 0.3 is 5.97 Å². The van der Waals surface area contributed by atoms with E-state index in [1.165, 1.54) is 30.8 Å². The number of fused-ring (bicyclic) bond motifs is 2. The summed E-state index contributed by atoms with van der Waals surface area (Å²) in [6, 6.07) is 9.94. The standard InChI is InChI=1S/C14H10FNO2S/c1-8(17)18-10-3-5-12-14(7-10)19-13-6-9(15)2-4-11(13)16-12/h2-7,16H,1H3. The number of rotatable bonds is 1. The van der Waals surface area contributed by atoms with Crippen molar-refractivity contribution in [1.82, 2.24) is 0 Å². The lowest BCUT2D eigenvalue weighted by Crippen LogP contribution is -2.03. The first-order chi connectivity index (χ1) is 9.11. The van der Waals surface area contributed by atoms with Gasteiger partial charge in [-0.05, 0) is 36.4 Å². The lowest BCUT2D eigenvalue weighted by molar-refractivity contribution is -0.131. The SMILES string of the molecule is CC(=O)Oc1ccc2c(c1)Sc1cc(F)ccc1N2. The largest absolute Gasteiger partial charge is 0.427 e. The molecule has 1 aliphatic heterocycles. The normalized spacial score (nSPS) is 12.1. The summed E-state index contributed by atoms with van der Waals surface area (Å²) in [7, 11) is 0. The first-order valence-electron chi connectivity index (χ1n) is 5.69. The highest BCUT2D eigenvalue weighted by atomic mass is 32.2. The number of carbonyl (C=O) groups excluding carboxylic acids is 1. The van der Waals surface area contributed by atoms with Gasteiger partial charge in [-0.15, -0.1) is 0 Å². The van der Waals surface area contributed by atoms with E-state index >= 15 is 0 Å². The number of nitrogens with one attached hydrogen (secondary N) is 1. The molecule has 0 atom stereocenters. The molecule has 0 fully saturated rings. The lowest BCUT2D eigenvalue weighted by atomic mass is 10.2. The number of carbonyl (C=O) groups is 1. The third-order valence-electron chi connectivity index (χ3n) is 2.65. The molecule has 3 nitrogen and oxygen atoms in total. The van der Waals surface area contributed by atoms with Gasteiger partial charge in [-0.1, -0.05) is 11.8 Å². The van der Waals surface area contributed by atoms with Crippen LogP contribution >= 0.6 is 11.8 Å². The maximum absolute atomic E-state index is 13.2. The van der Waals surface area contributed by atoms with E-state index in [1.54, 1.807) is 18.2 Å². The van der Waals surface area contributed by atoms with E-state index in [-0.39, 0.29) is 11.8 Å². The fourth-order valence-corrected chi connectivity index (χ4v) is 2.91. The van der Waals surface area contributed by atoms with Crippen molar-refractivity contribution in [3.8, 4) is 5.75 Å². The molecule has 3 rings (SSSR count). The number of anilines is 2. The maximum atomic E-state index is 13.2. The number of halogens is 1. The van der Waals surface area contributed by atoms with Gasteiger partial charge in [0, 0.05) is 16.7 Å². The monoisotopic (exact) mass is 275 g/mol. The Kier molecular flexibility index (Phi) is 2.91. The van der Waals surface area contributed by atoms with Crippen molar-refractivity contribution in [3.05, 3.63) is 42.2 Å². The fraction of sp³-hybridized carbons (Fsp3) is 0.0714. The molecule has 0 unspecified atom stereocenters. The smallest absolute Gasteiger partial charge is 0.308 e. The average molecular weight is 275 g/mol. The zero-order chi connectivity index (χ0) is 13.4. The topological polar surface area (TPSA) is 38.3 Å². The molecule has 0 aromatic heterocycles. The predicted molar refractivity (Wildman–Crippen MR) is 71.6 cm³/mol. The molecule has 1 aliphatic rings. The third kappa shape index (κ3) is 2.42. The quantitative estimate of drug-likeness (QED) is 0.539. The Morgan fingerprint density at radius 2 is 1.84 bits per heavy atom. The van der Waals surface area contributed by atoms with Gasteiger partial charge in [-0.2, -0.15) is 0 Å². The molecule has 0 radical (unpaired) electrons. The molecule has 96 valence electrons. The molecule has 5 heteroatoms. The average Bonchev–Trinajstić information content (AvgIpc) is 2.35. The number of esters is 1. The minimum absolute atomic E-state index is 0.271. The Bertz CT molecular complexity index is 672. The van der Waals surface area contributed by atoms with E-state index in [1.807, 2.05) is 6.07 Å². The van der Waals surface area contributed by atoms with Crippen LogP contribution in [0, 0.1) is 5.82 Å². The van der Waals surface area contributed by atoms with Crippen LogP contribution in [0.4, 0.5) is 15.8 Å². The summed E-state index contributed by atoms with van der Waals surface area (Å²) in [6.07, 6.45) is 0. The van der Waals surface area contributed by atoms with Crippen molar-refractivity contribution in [3.63, 3.8) is 0 Å². The van der Waals surface area contributed by atoms with Gasteiger partial charge in [0.15, 0.2) is 0 Å². The highest BCUT2D eigenvalue weighted by molar-refractivity contribution is 7.99. The van der Waals surface area contributed by atoms with E-state index < -0.39 is 0 Å². The van der Waals surface area contributed by atoms with Crippen molar-refractivity contribution in [2.75, 3.05) is 5.32 Å². The molecule has 2 aromatic rings. The van der Waals surface area contributed by atoms with E-state index in [2.05, 4.69) is 5.32 Å². The Labute approximate surface area is 113 Å². The molecule has 0 aliphatic carbocycles. The first-order valence-corrected chi connectivity index (χ1v) is 6.50. The molecule has 0 saturated carbocycles. The molecular formula is C14H10FNO2S. The summed E-state index contributed by atoms with van der Waals surface area (Å²) in [6.45, 7) is 1.36. The Hall–Kier alpha value is -2.01. The number of ether oxygens (including phenoxy) is 1. The molecule has 0 amide bonds. The summed E-state index contributed by atoms with van der Waals surface area (Å²) in [5.74, 6) is -0.145. The van der Waals surface area contributed by atoms with Crippen LogP contribution in [0.2, 0.25) is 0 Å². The number of benzene rings is 2. The van der Waals surface area contributed by atoms with Crippen molar-refractivity contribution in [1.29, 1.82) is 0 Å². The molecule has 0 bridgehead atoms. The molecule has 2 aromatic carbocycles. The van der Waals surface area contributed by atoms with Gasteiger partial charge in [-0.25, -0.2) is 4.39 Å². The minimum atomic E-state index is -0.361. The van der Waals surface area contributed by atoms with Crippen LogP contribution in [0.3, 0.4) is 0 Å². The first kappa shape index (κ1) is 12.0. The maximum Gasteiger partial charge on any atom is 0.308 e. The van der Waals surface area contributed by atoms with Gasteiger partial charge in [0.2, 0.25) is 0 Å². The molecule has 1 N–H and O–H groups in total. The van der Waals surface area contributed by atoms with Gasteiger partial charge in [0.1, 0.15) is 11.6 Å². The van der Waals surface area contributed by atoms with Crippen molar-refractivity contribution in [2.24, 2.45) is 0 Å². The zero-order valence-corrected chi connectivity index (χ0v) is 10.9. The van der Waals surface area contributed by atoms with E-state index in [9.17, 15) is 9.18 Å². The third-order valence-corrected chi connectivity index (χ3v) is 3.76. The second kappa shape index (κ2) is 4.59. The number of hydrogen-bond donors (Lipinski definition) is 1. The van der Waals surface area contributed by atoms with Gasteiger partial charge < -0.3 is 10.1 Å². The summed E-state index contributed by atoms with van der Waals surface area (Å²) >= 11 is 1.44. The van der Waals surface area contributed by atoms with E-state index in [0.717, 1.165) is 21.2 Å². The van der Waals surface area contributed by atoms with Crippen LogP contribution in [0.15, 0.2) is 46.2 Å². The summed E-state index contributed by atoms with van der Waals surface area (Å²) in [5, 5.41) is 3.22. The van der Waals surface area contributed by atoms with Crippen LogP contribution < -0.4 is 10.1 Å². The van der Waals surface area contributed by atoms with Crippen molar-refractivity contribution < 1.29 is 13.9 Å². The second-order valence-corrected chi connectivity index (χ2v) is 5.20. The molecule has 0 spiro atoms. The van der Waals surface area contributed by atoms with Crippen LogP contribution in [-0.4, -0.2) is 5.97 Å². The lowest BCUT2D eigenvalue weighted by Gasteiger charge is -2.21. The van der Waals surface area contributed by atoms with E-state index in [0.29, 0.717) is 5.75 Å².